The fraction of sp³-hybridized carbons (Fsp3) is 1.00. The molecular weight excluding hydrogens is 150 g/mol. The van der Waals surface area contributed by atoms with Crippen LogP contribution in [0.3, 0.4) is 0 Å². The number of hydrogen-bond donors (Lipinski definition) is 1. The van der Waals surface area contributed by atoms with Gasteiger partial charge in [0.2, 0.25) is 0 Å². The topological polar surface area (TPSA) is 21.3 Å². The van der Waals surface area contributed by atoms with Gasteiger partial charge in [-0.1, -0.05) is 20.3 Å². The Morgan fingerprint density at radius 3 is 2.67 bits per heavy atom. The minimum atomic E-state index is 0.581. The highest BCUT2D eigenvalue weighted by Gasteiger charge is 2.16. The second kappa shape index (κ2) is 5.55. The van der Waals surface area contributed by atoms with Crippen LogP contribution in [0.5, 0.6) is 0 Å². The van der Waals surface area contributed by atoms with E-state index in [1.165, 1.54) is 19.3 Å². The quantitative estimate of drug-likeness (QED) is 0.615. The molecule has 0 aromatic rings. The van der Waals surface area contributed by atoms with E-state index < -0.39 is 0 Å². The maximum atomic E-state index is 5.53. The Kier molecular flexibility index (Phi) is 4.62. The second-order valence-electron chi connectivity index (χ2n) is 3.98. The van der Waals surface area contributed by atoms with Crippen molar-refractivity contribution in [1.82, 2.24) is 5.32 Å². The van der Waals surface area contributed by atoms with Crippen LogP contribution in [0.25, 0.3) is 0 Å². The molecule has 0 aliphatic heterocycles. The zero-order valence-electron chi connectivity index (χ0n) is 8.31. The first kappa shape index (κ1) is 10.0. The molecule has 0 heterocycles. The number of nitrogens with one attached hydrogen (secondary N) is 1. The molecule has 1 fully saturated rings. The lowest BCUT2D eigenvalue weighted by molar-refractivity contribution is 0.0712. The largest absolute Gasteiger partial charge is 0.380 e. The van der Waals surface area contributed by atoms with Crippen LogP contribution >= 0.6 is 0 Å². The summed E-state index contributed by atoms with van der Waals surface area (Å²) < 4.78 is 5.53. The van der Waals surface area contributed by atoms with Crippen LogP contribution in [0, 0.1) is 5.92 Å². The van der Waals surface area contributed by atoms with Crippen molar-refractivity contribution < 1.29 is 4.74 Å². The summed E-state index contributed by atoms with van der Waals surface area (Å²) in [4.78, 5) is 0. The van der Waals surface area contributed by atoms with Crippen LogP contribution in [0.15, 0.2) is 0 Å². The van der Waals surface area contributed by atoms with E-state index >= 15 is 0 Å². The molecule has 0 radical (unpaired) electrons. The molecule has 1 rings (SSSR count). The van der Waals surface area contributed by atoms with Gasteiger partial charge in [0.1, 0.15) is 0 Å². The fourth-order valence-electron chi connectivity index (χ4n) is 1.33. The van der Waals surface area contributed by atoms with Crippen molar-refractivity contribution in [3.05, 3.63) is 0 Å². The first-order chi connectivity index (χ1) is 5.79. The maximum Gasteiger partial charge on any atom is 0.0591 e. The third-order valence-corrected chi connectivity index (χ3v) is 2.38. The van der Waals surface area contributed by atoms with Gasteiger partial charge in [0.15, 0.2) is 0 Å². The lowest BCUT2D eigenvalue weighted by atomic mass is 9.86. The molecule has 1 aliphatic rings. The molecule has 0 atom stereocenters. The molecule has 1 aliphatic carbocycles. The predicted molar refractivity (Wildman–Crippen MR) is 51.3 cm³/mol. The van der Waals surface area contributed by atoms with Gasteiger partial charge < -0.3 is 10.1 Å². The normalized spacial score (nSPS) is 18.2. The van der Waals surface area contributed by atoms with Gasteiger partial charge in [-0.2, -0.15) is 0 Å². The standard InChI is InChI=1S/C10H21NO/c1-9(2)11-6-7-12-8-10-4-3-5-10/h9-11H,3-8H2,1-2H3. The van der Waals surface area contributed by atoms with Gasteiger partial charge in [0, 0.05) is 19.2 Å². The molecule has 2 heteroatoms. The van der Waals surface area contributed by atoms with Crippen molar-refractivity contribution in [2.75, 3.05) is 19.8 Å². The lowest BCUT2D eigenvalue weighted by Crippen LogP contribution is -2.28. The van der Waals surface area contributed by atoms with E-state index in [2.05, 4.69) is 19.2 Å². The summed E-state index contributed by atoms with van der Waals surface area (Å²) in [5, 5.41) is 3.33. The van der Waals surface area contributed by atoms with Crippen LogP contribution in [-0.2, 0) is 4.74 Å². The molecule has 2 nitrogen and oxygen atoms in total. The molecule has 1 saturated carbocycles. The van der Waals surface area contributed by atoms with Crippen molar-refractivity contribution in [3.63, 3.8) is 0 Å². The third kappa shape index (κ3) is 4.07. The average molecular weight is 171 g/mol. The summed E-state index contributed by atoms with van der Waals surface area (Å²) in [6.07, 6.45) is 4.19. The maximum absolute atomic E-state index is 5.53. The molecule has 72 valence electrons. The molecule has 0 saturated heterocycles. The van der Waals surface area contributed by atoms with Gasteiger partial charge in [0.25, 0.3) is 0 Å². The summed E-state index contributed by atoms with van der Waals surface area (Å²) in [6, 6.07) is 0.581. The Morgan fingerprint density at radius 2 is 2.17 bits per heavy atom. The summed E-state index contributed by atoms with van der Waals surface area (Å²) in [5.74, 6) is 0.879. The zero-order valence-corrected chi connectivity index (χ0v) is 8.31. The summed E-state index contributed by atoms with van der Waals surface area (Å²) in [5.41, 5.74) is 0. The minimum Gasteiger partial charge on any atom is -0.380 e. The predicted octanol–water partition coefficient (Wildman–Crippen LogP) is 1.80. The number of rotatable bonds is 6. The highest BCUT2D eigenvalue weighted by Crippen LogP contribution is 2.25. The van der Waals surface area contributed by atoms with E-state index in [4.69, 9.17) is 4.74 Å². The smallest absolute Gasteiger partial charge is 0.0591 e. The zero-order chi connectivity index (χ0) is 8.81. The lowest BCUT2D eigenvalue weighted by Gasteiger charge is -2.24. The van der Waals surface area contributed by atoms with Crippen molar-refractivity contribution in [1.29, 1.82) is 0 Å². The van der Waals surface area contributed by atoms with E-state index in [1.807, 2.05) is 0 Å². The molecule has 0 unspecified atom stereocenters. The second-order valence-corrected chi connectivity index (χ2v) is 3.98. The van der Waals surface area contributed by atoms with Gasteiger partial charge in [-0.25, -0.2) is 0 Å². The van der Waals surface area contributed by atoms with Gasteiger partial charge in [-0.3, -0.25) is 0 Å². The van der Waals surface area contributed by atoms with Crippen molar-refractivity contribution in [2.24, 2.45) is 5.92 Å². The van der Waals surface area contributed by atoms with Crippen molar-refractivity contribution in [3.8, 4) is 0 Å². The van der Waals surface area contributed by atoms with E-state index in [-0.39, 0.29) is 0 Å². The van der Waals surface area contributed by atoms with Crippen molar-refractivity contribution >= 4 is 0 Å². The Morgan fingerprint density at radius 1 is 1.42 bits per heavy atom. The Hall–Kier alpha value is -0.0800. The summed E-state index contributed by atoms with van der Waals surface area (Å²) in [6.45, 7) is 7.16. The SMILES string of the molecule is CC(C)NCCOCC1CCC1. The van der Waals surface area contributed by atoms with Crippen LogP contribution < -0.4 is 5.32 Å². The van der Waals surface area contributed by atoms with Crippen LogP contribution in [0.1, 0.15) is 33.1 Å². The minimum absolute atomic E-state index is 0.581. The summed E-state index contributed by atoms with van der Waals surface area (Å²) in [7, 11) is 0. The Balaban J connectivity index is 1.76. The summed E-state index contributed by atoms with van der Waals surface area (Å²) >= 11 is 0. The molecule has 0 amide bonds. The van der Waals surface area contributed by atoms with E-state index in [1.54, 1.807) is 0 Å². The molecular formula is C10H21NO. The first-order valence-corrected chi connectivity index (χ1v) is 5.10. The number of hydrogen-bond acceptors (Lipinski definition) is 2. The molecule has 0 bridgehead atoms. The molecule has 1 N–H and O–H groups in total. The van der Waals surface area contributed by atoms with E-state index in [9.17, 15) is 0 Å². The van der Waals surface area contributed by atoms with Gasteiger partial charge in [-0.15, -0.1) is 0 Å². The molecule has 0 aromatic carbocycles. The van der Waals surface area contributed by atoms with Crippen LogP contribution in [-0.4, -0.2) is 25.8 Å². The molecule has 12 heavy (non-hydrogen) atoms. The average Bonchev–Trinajstić information content (AvgIpc) is 1.92. The van der Waals surface area contributed by atoms with Crippen LogP contribution in [0.4, 0.5) is 0 Å². The Labute approximate surface area is 75.7 Å². The first-order valence-electron chi connectivity index (χ1n) is 5.10. The highest BCUT2D eigenvalue weighted by molar-refractivity contribution is 4.68. The van der Waals surface area contributed by atoms with E-state index in [0.717, 1.165) is 25.7 Å². The fourth-order valence-corrected chi connectivity index (χ4v) is 1.33. The molecule has 0 spiro atoms. The highest BCUT2D eigenvalue weighted by atomic mass is 16.5. The Bertz CT molecular complexity index is 110. The molecule has 0 aromatic heterocycles. The van der Waals surface area contributed by atoms with Gasteiger partial charge in [0.05, 0.1) is 6.61 Å². The third-order valence-electron chi connectivity index (χ3n) is 2.38. The van der Waals surface area contributed by atoms with Crippen molar-refractivity contribution in [2.45, 2.75) is 39.2 Å². The number of ether oxygens (including phenoxy) is 1. The van der Waals surface area contributed by atoms with Gasteiger partial charge in [-0.05, 0) is 18.8 Å². The van der Waals surface area contributed by atoms with E-state index in [0.29, 0.717) is 6.04 Å². The van der Waals surface area contributed by atoms with Gasteiger partial charge >= 0.3 is 0 Å². The monoisotopic (exact) mass is 171 g/mol. The van der Waals surface area contributed by atoms with Crippen LogP contribution in [0.2, 0.25) is 0 Å².